The molecule has 0 bridgehead atoms. The summed E-state index contributed by atoms with van der Waals surface area (Å²) in [6, 6.07) is 11.4. The Kier molecular flexibility index (Phi) is 6.03. The molecule has 1 aliphatic rings. The molecule has 0 spiro atoms. The number of furan rings is 1. The van der Waals surface area contributed by atoms with Crippen LogP contribution in [0.3, 0.4) is 0 Å². The summed E-state index contributed by atoms with van der Waals surface area (Å²) in [5, 5.41) is 22.2. The van der Waals surface area contributed by atoms with Gasteiger partial charge in [-0.05, 0) is 57.1 Å². The third-order valence-corrected chi connectivity index (χ3v) is 6.00. The number of aryl methyl sites for hydroxylation is 1. The van der Waals surface area contributed by atoms with Crippen LogP contribution in [-0.4, -0.2) is 39.2 Å². The van der Waals surface area contributed by atoms with E-state index in [0.29, 0.717) is 12.3 Å². The van der Waals surface area contributed by atoms with Crippen molar-refractivity contribution < 1.29 is 14.3 Å². The highest BCUT2D eigenvalue weighted by Gasteiger charge is 2.25. The van der Waals surface area contributed by atoms with Crippen LogP contribution in [0.4, 0.5) is 5.69 Å². The van der Waals surface area contributed by atoms with E-state index in [2.05, 4.69) is 20.4 Å². The molecule has 1 saturated heterocycles. The predicted molar refractivity (Wildman–Crippen MR) is 111 cm³/mol. The van der Waals surface area contributed by atoms with Crippen molar-refractivity contribution in [3.05, 3.63) is 52.9 Å². The molecule has 2 N–H and O–H groups in total. The summed E-state index contributed by atoms with van der Waals surface area (Å²) in [7, 11) is 0. The average molecular weight is 413 g/mol. The number of likely N-dealkylation sites (tertiary alicyclic amines) is 1. The minimum atomic E-state index is -0.0812. The Morgan fingerprint density at radius 3 is 2.72 bits per heavy atom. The van der Waals surface area contributed by atoms with Crippen LogP contribution in [-0.2, 0) is 17.9 Å². The fourth-order valence-electron chi connectivity index (χ4n) is 3.55. The molecule has 29 heavy (non-hydrogen) atoms. The summed E-state index contributed by atoms with van der Waals surface area (Å²) in [5.41, 5.74) is 1.75. The molecule has 4 rings (SSSR count). The number of rotatable bonds is 6. The van der Waals surface area contributed by atoms with Gasteiger partial charge in [-0.15, -0.1) is 10.2 Å². The van der Waals surface area contributed by atoms with Crippen LogP contribution in [0, 0.1) is 12.8 Å². The average Bonchev–Trinajstić information content (AvgIpc) is 3.37. The lowest BCUT2D eigenvalue weighted by atomic mass is 9.95. The largest absolute Gasteiger partial charge is 0.462 e. The molecule has 0 atom stereocenters. The van der Waals surface area contributed by atoms with E-state index in [9.17, 15) is 4.79 Å². The summed E-state index contributed by atoms with van der Waals surface area (Å²) in [5.74, 6) is 1.50. The molecule has 7 nitrogen and oxygen atoms in total. The lowest BCUT2D eigenvalue weighted by molar-refractivity contribution is -0.121. The van der Waals surface area contributed by atoms with Crippen LogP contribution in [0.2, 0.25) is 0 Å². The number of anilines is 1. The van der Waals surface area contributed by atoms with Crippen LogP contribution in [0.1, 0.15) is 29.4 Å². The van der Waals surface area contributed by atoms with E-state index in [1.165, 1.54) is 11.3 Å². The van der Waals surface area contributed by atoms with Crippen molar-refractivity contribution >= 4 is 22.9 Å². The molecule has 1 amide bonds. The first-order valence-corrected chi connectivity index (χ1v) is 10.5. The Balaban J connectivity index is 1.31. The van der Waals surface area contributed by atoms with Crippen molar-refractivity contribution in [3.8, 4) is 10.6 Å². The van der Waals surface area contributed by atoms with Gasteiger partial charge in [0.1, 0.15) is 28.1 Å². The zero-order valence-corrected chi connectivity index (χ0v) is 17.1. The van der Waals surface area contributed by atoms with E-state index in [1.54, 1.807) is 6.07 Å². The second-order valence-electron chi connectivity index (χ2n) is 7.27. The van der Waals surface area contributed by atoms with Crippen molar-refractivity contribution in [2.45, 2.75) is 32.9 Å². The number of aromatic nitrogens is 2. The lowest BCUT2D eigenvalue weighted by Gasteiger charge is -2.30. The maximum atomic E-state index is 12.7. The first kappa shape index (κ1) is 19.8. The zero-order chi connectivity index (χ0) is 20.2. The monoisotopic (exact) mass is 412 g/mol. The van der Waals surface area contributed by atoms with Crippen molar-refractivity contribution in [1.82, 2.24) is 15.1 Å². The Labute approximate surface area is 173 Å². The summed E-state index contributed by atoms with van der Waals surface area (Å²) < 4.78 is 5.56. The number of carbonyl (C=O) groups is 1. The van der Waals surface area contributed by atoms with E-state index >= 15 is 0 Å². The molecular weight excluding hydrogens is 388 g/mol. The van der Waals surface area contributed by atoms with Gasteiger partial charge in [0.2, 0.25) is 5.91 Å². The van der Waals surface area contributed by atoms with Crippen molar-refractivity contribution in [2.24, 2.45) is 5.92 Å². The molecule has 152 valence electrons. The molecule has 1 aromatic carbocycles. The molecule has 1 aliphatic heterocycles. The highest BCUT2D eigenvalue weighted by molar-refractivity contribution is 7.14. The highest BCUT2D eigenvalue weighted by atomic mass is 32.1. The zero-order valence-electron chi connectivity index (χ0n) is 16.3. The van der Waals surface area contributed by atoms with Gasteiger partial charge in [-0.2, -0.15) is 0 Å². The Morgan fingerprint density at radius 1 is 1.24 bits per heavy atom. The number of piperidine rings is 1. The van der Waals surface area contributed by atoms with Gasteiger partial charge in [-0.25, -0.2) is 0 Å². The van der Waals surface area contributed by atoms with Gasteiger partial charge in [-0.3, -0.25) is 9.69 Å². The van der Waals surface area contributed by atoms with Crippen LogP contribution in [0.5, 0.6) is 0 Å². The number of carbonyl (C=O) groups excluding carboxylic acids is 1. The molecule has 1 fully saturated rings. The first-order valence-electron chi connectivity index (χ1n) is 9.73. The van der Waals surface area contributed by atoms with Crippen molar-refractivity contribution in [3.63, 3.8) is 0 Å². The van der Waals surface area contributed by atoms with E-state index in [4.69, 9.17) is 9.52 Å². The van der Waals surface area contributed by atoms with Gasteiger partial charge >= 0.3 is 0 Å². The Bertz CT molecular complexity index is 976. The third-order valence-electron chi connectivity index (χ3n) is 5.11. The first-order chi connectivity index (χ1) is 14.1. The summed E-state index contributed by atoms with van der Waals surface area (Å²) in [6.45, 7) is 4.24. The molecule has 0 unspecified atom stereocenters. The SMILES string of the molecule is Cc1nnc(-c2cccc(NC(=O)C3CCN(Cc4ccc(CO)o4)CC3)c2)s1. The molecular formula is C21H24N4O3S. The number of hydrogen-bond acceptors (Lipinski definition) is 7. The van der Waals surface area contributed by atoms with Crippen molar-refractivity contribution in [2.75, 3.05) is 18.4 Å². The number of nitrogens with zero attached hydrogens (tertiary/aromatic N) is 3. The predicted octanol–water partition coefficient (Wildman–Crippen LogP) is 3.45. The molecule has 3 aromatic rings. The Morgan fingerprint density at radius 2 is 2.03 bits per heavy atom. The van der Waals surface area contributed by atoms with Gasteiger partial charge < -0.3 is 14.8 Å². The van der Waals surface area contributed by atoms with Gasteiger partial charge in [0, 0.05) is 17.2 Å². The summed E-state index contributed by atoms with van der Waals surface area (Å²) in [6.07, 6.45) is 1.63. The smallest absolute Gasteiger partial charge is 0.227 e. The number of aliphatic hydroxyl groups is 1. The number of nitrogens with one attached hydrogen (secondary N) is 1. The minimum Gasteiger partial charge on any atom is -0.462 e. The van der Waals surface area contributed by atoms with E-state index in [-0.39, 0.29) is 18.4 Å². The van der Waals surface area contributed by atoms with E-state index in [1.807, 2.05) is 37.3 Å². The maximum Gasteiger partial charge on any atom is 0.227 e. The normalized spacial score (nSPS) is 15.5. The summed E-state index contributed by atoms with van der Waals surface area (Å²) >= 11 is 1.54. The fraction of sp³-hybridized carbons (Fsp3) is 0.381. The lowest BCUT2D eigenvalue weighted by Crippen LogP contribution is -2.37. The molecule has 0 aliphatic carbocycles. The van der Waals surface area contributed by atoms with Crippen LogP contribution in [0.25, 0.3) is 10.6 Å². The van der Waals surface area contributed by atoms with Gasteiger partial charge in [0.25, 0.3) is 0 Å². The minimum absolute atomic E-state index is 0.00304. The van der Waals surface area contributed by atoms with Crippen LogP contribution >= 0.6 is 11.3 Å². The number of hydrogen-bond donors (Lipinski definition) is 2. The van der Waals surface area contributed by atoms with Crippen LogP contribution in [0.15, 0.2) is 40.8 Å². The Hall–Kier alpha value is -2.55. The van der Waals surface area contributed by atoms with Gasteiger partial charge in [-0.1, -0.05) is 23.5 Å². The second kappa shape index (κ2) is 8.86. The molecule has 8 heteroatoms. The highest BCUT2D eigenvalue weighted by Crippen LogP contribution is 2.27. The molecule has 0 radical (unpaired) electrons. The summed E-state index contributed by atoms with van der Waals surface area (Å²) in [4.78, 5) is 15.0. The van der Waals surface area contributed by atoms with Crippen molar-refractivity contribution in [1.29, 1.82) is 0 Å². The molecule has 0 saturated carbocycles. The maximum absolute atomic E-state index is 12.7. The topological polar surface area (TPSA) is 91.5 Å². The molecule has 2 aromatic heterocycles. The van der Waals surface area contributed by atoms with E-state index in [0.717, 1.165) is 53.0 Å². The second-order valence-corrected chi connectivity index (χ2v) is 8.45. The molecule has 3 heterocycles. The number of benzene rings is 1. The van der Waals surface area contributed by atoms with Crippen LogP contribution < -0.4 is 5.32 Å². The number of aliphatic hydroxyl groups excluding tert-OH is 1. The third kappa shape index (κ3) is 4.90. The standard InChI is InChI=1S/C21H24N4O3S/c1-14-23-24-21(29-14)16-3-2-4-17(11-16)22-20(27)15-7-9-25(10-8-15)12-18-5-6-19(13-26)28-18/h2-6,11,15,26H,7-10,12-13H2,1H3,(H,22,27). The number of amides is 1. The van der Waals surface area contributed by atoms with Gasteiger partial charge in [0.15, 0.2) is 0 Å². The fourth-order valence-corrected chi connectivity index (χ4v) is 4.24. The van der Waals surface area contributed by atoms with E-state index < -0.39 is 0 Å². The quantitative estimate of drug-likeness (QED) is 0.644. The van der Waals surface area contributed by atoms with Gasteiger partial charge in [0.05, 0.1) is 6.54 Å².